The first-order valence-corrected chi connectivity index (χ1v) is 8.53. The summed E-state index contributed by atoms with van der Waals surface area (Å²) in [5, 5.41) is 29.7. The molecule has 5 N–H and O–H groups in total. The van der Waals surface area contributed by atoms with Crippen LogP contribution in [0.4, 0.5) is 4.79 Å². The first-order valence-electron chi connectivity index (χ1n) is 7.04. The van der Waals surface area contributed by atoms with Crippen molar-refractivity contribution in [2.45, 2.75) is 50.3 Å². The van der Waals surface area contributed by atoms with Gasteiger partial charge >= 0.3 is 6.09 Å². The Morgan fingerprint density at radius 3 is 2.59 bits per heavy atom. The third-order valence-corrected chi connectivity index (χ3v) is 4.90. The normalized spacial score (nSPS) is 35.4. The Kier molecular flexibility index (Phi) is 5.25. The summed E-state index contributed by atoms with van der Waals surface area (Å²) < 4.78 is 33.0. The minimum Gasteiger partial charge on any atom is -0.447 e. The van der Waals surface area contributed by atoms with Crippen molar-refractivity contribution in [3.8, 4) is 0 Å². The number of hydrogen-bond acceptors (Lipinski definition) is 7. The van der Waals surface area contributed by atoms with Crippen LogP contribution >= 0.6 is 0 Å². The zero-order valence-electron chi connectivity index (χ0n) is 12.0. The van der Waals surface area contributed by atoms with Gasteiger partial charge in [-0.1, -0.05) is 13.3 Å². The Labute approximate surface area is 128 Å². The number of unbranched alkanes of at least 4 members (excludes halogenated alkanes) is 1. The van der Waals surface area contributed by atoms with Crippen LogP contribution in [0.25, 0.3) is 0 Å². The standard InChI is InChI=1S/C11H21N3O7S/c1-2-3-4-12-22(19,20)13-10-9(17)8(16)7(15)6-5-21-11(18)14(6)10/h6-10,12-13,15-17H,2-5H2,1H3/t6?,7-,8?,9+,10+/m1/s1. The maximum atomic E-state index is 11.9. The molecule has 0 saturated carbocycles. The highest BCUT2D eigenvalue weighted by atomic mass is 32.2. The van der Waals surface area contributed by atoms with Crippen LogP contribution in [0.3, 0.4) is 0 Å². The van der Waals surface area contributed by atoms with Gasteiger partial charge in [-0.05, 0) is 6.42 Å². The molecule has 2 aliphatic rings. The van der Waals surface area contributed by atoms with Gasteiger partial charge in [-0.25, -0.2) is 9.52 Å². The van der Waals surface area contributed by atoms with E-state index >= 15 is 0 Å². The lowest BCUT2D eigenvalue weighted by molar-refractivity contribution is -0.144. The quantitative estimate of drug-likeness (QED) is 0.335. The number of nitrogens with zero attached hydrogens (tertiary/aromatic N) is 1. The molecule has 0 bridgehead atoms. The highest BCUT2D eigenvalue weighted by Gasteiger charge is 2.54. The number of aliphatic hydroxyl groups excluding tert-OH is 3. The molecule has 2 rings (SSSR count). The molecule has 11 heteroatoms. The third-order valence-electron chi connectivity index (χ3n) is 3.76. The summed E-state index contributed by atoms with van der Waals surface area (Å²) in [6.07, 6.45) is -5.56. The molecule has 0 aromatic carbocycles. The fourth-order valence-corrected chi connectivity index (χ4v) is 3.59. The lowest BCUT2D eigenvalue weighted by atomic mass is 9.93. The smallest absolute Gasteiger partial charge is 0.411 e. The van der Waals surface area contributed by atoms with Crippen LogP contribution in [0.1, 0.15) is 19.8 Å². The Bertz CT molecular complexity index is 514. The van der Waals surface area contributed by atoms with Crippen molar-refractivity contribution >= 4 is 16.3 Å². The predicted octanol–water partition coefficient (Wildman–Crippen LogP) is -2.55. The van der Waals surface area contributed by atoms with Gasteiger partial charge in [0, 0.05) is 6.54 Å². The van der Waals surface area contributed by atoms with Crippen LogP contribution in [0.5, 0.6) is 0 Å². The van der Waals surface area contributed by atoms with Gasteiger partial charge in [0.15, 0.2) is 0 Å². The Morgan fingerprint density at radius 1 is 1.27 bits per heavy atom. The number of nitrogens with one attached hydrogen (secondary N) is 2. The van der Waals surface area contributed by atoms with Crippen molar-refractivity contribution in [3.63, 3.8) is 0 Å². The zero-order chi connectivity index (χ0) is 16.5. The van der Waals surface area contributed by atoms with Crippen molar-refractivity contribution in [2.24, 2.45) is 0 Å². The van der Waals surface area contributed by atoms with Crippen molar-refractivity contribution < 1.29 is 33.3 Å². The van der Waals surface area contributed by atoms with Gasteiger partial charge < -0.3 is 20.1 Å². The largest absolute Gasteiger partial charge is 0.447 e. The topological polar surface area (TPSA) is 148 Å². The molecule has 0 aliphatic carbocycles. The number of cyclic esters (lactones) is 1. The minimum atomic E-state index is -3.99. The first-order chi connectivity index (χ1) is 10.3. The van der Waals surface area contributed by atoms with Gasteiger partial charge in [-0.2, -0.15) is 13.1 Å². The van der Waals surface area contributed by atoms with Gasteiger partial charge in [-0.3, -0.25) is 4.90 Å². The van der Waals surface area contributed by atoms with Crippen LogP contribution in [-0.4, -0.2) is 78.4 Å². The van der Waals surface area contributed by atoms with Crippen LogP contribution < -0.4 is 9.44 Å². The second kappa shape index (κ2) is 6.64. The second-order valence-corrected chi connectivity index (χ2v) is 6.87. The molecule has 128 valence electrons. The number of hydrogen-bond donors (Lipinski definition) is 5. The Hall–Kier alpha value is -0.980. The molecule has 1 amide bonds. The molecule has 2 unspecified atom stereocenters. The lowest BCUT2D eigenvalue weighted by Crippen LogP contribution is -2.70. The molecular formula is C11H21N3O7S. The summed E-state index contributed by atoms with van der Waals surface area (Å²) in [5.74, 6) is 0. The van der Waals surface area contributed by atoms with Crippen LogP contribution in [0.2, 0.25) is 0 Å². The molecule has 0 aromatic heterocycles. The van der Waals surface area contributed by atoms with E-state index < -0.39 is 46.8 Å². The number of piperidine rings is 1. The van der Waals surface area contributed by atoms with Gasteiger partial charge in [-0.15, -0.1) is 0 Å². The summed E-state index contributed by atoms with van der Waals surface area (Å²) in [6, 6.07) is -0.922. The van der Waals surface area contributed by atoms with E-state index in [1.54, 1.807) is 0 Å². The van der Waals surface area contributed by atoms with E-state index in [0.717, 1.165) is 11.3 Å². The zero-order valence-corrected chi connectivity index (χ0v) is 12.9. The lowest BCUT2D eigenvalue weighted by Gasteiger charge is -2.43. The number of carbonyl (C=O) groups is 1. The average molecular weight is 339 g/mol. The molecule has 0 aromatic rings. The maximum absolute atomic E-state index is 11.9. The fraction of sp³-hybridized carbons (Fsp3) is 0.909. The Morgan fingerprint density at radius 2 is 1.95 bits per heavy atom. The van der Waals surface area contributed by atoms with E-state index in [4.69, 9.17) is 4.74 Å². The molecule has 2 fully saturated rings. The van der Waals surface area contributed by atoms with Crippen LogP contribution in [0, 0.1) is 0 Å². The van der Waals surface area contributed by atoms with Crippen LogP contribution in [0.15, 0.2) is 0 Å². The third kappa shape index (κ3) is 3.34. The molecule has 0 radical (unpaired) electrons. The number of rotatable bonds is 6. The summed E-state index contributed by atoms with van der Waals surface area (Å²) in [4.78, 5) is 12.6. The molecule has 2 saturated heterocycles. The number of carbonyl (C=O) groups excluding carboxylic acids is 1. The molecule has 2 heterocycles. The molecule has 22 heavy (non-hydrogen) atoms. The number of amides is 1. The van der Waals surface area contributed by atoms with E-state index in [1.807, 2.05) is 6.92 Å². The Balaban J connectivity index is 2.15. The first kappa shape index (κ1) is 17.4. The molecule has 0 spiro atoms. The second-order valence-electron chi connectivity index (χ2n) is 5.34. The van der Waals surface area contributed by atoms with Gasteiger partial charge in [0.05, 0.1) is 6.04 Å². The predicted molar refractivity (Wildman–Crippen MR) is 73.7 cm³/mol. The van der Waals surface area contributed by atoms with E-state index in [1.165, 1.54) is 0 Å². The van der Waals surface area contributed by atoms with Crippen molar-refractivity contribution in [1.29, 1.82) is 0 Å². The summed E-state index contributed by atoms with van der Waals surface area (Å²) in [7, 11) is -3.99. The van der Waals surface area contributed by atoms with Gasteiger partial charge in [0.2, 0.25) is 0 Å². The van der Waals surface area contributed by atoms with E-state index in [2.05, 4.69) is 9.44 Å². The summed E-state index contributed by atoms with van der Waals surface area (Å²) >= 11 is 0. The number of aliphatic hydroxyl groups is 3. The van der Waals surface area contributed by atoms with Crippen molar-refractivity contribution in [2.75, 3.05) is 13.2 Å². The molecule has 10 nitrogen and oxygen atoms in total. The molecule has 2 aliphatic heterocycles. The minimum absolute atomic E-state index is 0.189. The number of fused-ring (bicyclic) bond motifs is 1. The highest BCUT2D eigenvalue weighted by Crippen LogP contribution is 2.28. The fourth-order valence-electron chi connectivity index (χ4n) is 2.52. The monoisotopic (exact) mass is 339 g/mol. The number of ether oxygens (including phenoxy) is 1. The van der Waals surface area contributed by atoms with Crippen LogP contribution in [-0.2, 0) is 14.9 Å². The van der Waals surface area contributed by atoms with Gasteiger partial charge in [0.25, 0.3) is 10.2 Å². The van der Waals surface area contributed by atoms with E-state index in [0.29, 0.717) is 6.42 Å². The van der Waals surface area contributed by atoms with Crippen molar-refractivity contribution in [1.82, 2.24) is 14.3 Å². The van der Waals surface area contributed by atoms with Gasteiger partial charge in [0.1, 0.15) is 31.1 Å². The molecular weight excluding hydrogens is 318 g/mol. The highest BCUT2D eigenvalue weighted by molar-refractivity contribution is 7.87. The SMILES string of the molecule is CCCCNS(=O)(=O)N[C@@H]1[C@@H](O)C(O)[C@H](O)C2COC(=O)N21. The van der Waals surface area contributed by atoms with E-state index in [9.17, 15) is 28.5 Å². The summed E-state index contributed by atoms with van der Waals surface area (Å²) in [5.41, 5.74) is 0. The molecule has 5 atom stereocenters. The van der Waals surface area contributed by atoms with Crippen molar-refractivity contribution in [3.05, 3.63) is 0 Å². The summed E-state index contributed by atoms with van der Waals surface area (Å²) in [6.45, 7) is 1.91. The average Bonchev–Trinajstić information content (AvgIpc) is 2.83. The maximum Gasteiger partial charge on any atom is 0.411 e. The van der Waals surface area contributed by atoms with E-state index in [-0.39, 0.29) is 13.2 Å².